The van der Waals surface area contributed by atoms with Crippen LogP contribution < -0.4 is 5.32 Å². The Morgan fingerprint density at radius 3 is 2.86 bits per heavy atom. The predicted octanol–water partition coefficient (Wildman–Crippen LogP) is 3.98. The number of nitrogens with one attached hydrogen (secondary N) is 2. The van der Waals surface area contributed by atoms with Gasteiger partial charge in [-0.25, -0.2) is 4.98 Å². The van der Waals surface area contributed by atoms with Crippen LogP contribution in [-0.2, 0) is 0 Å². The summed E-state index contributed by atoms with van der Waals surface area (Å²) in [6, 6.07) is 8.04. The van der Waals surface area contributed by atoms with E-state index >= 15 is 0 Å². The molecule has 2 N–H and O–H groups in total. The van der Waals surface area contributed by atoms with Gasteiger partial charge in [-0.3, -0.25) is 5.10 Å². The first-order chi connectivity index (χ1) is 10.6. The summed E-state index contributed by atoms with van der Waals surface area (Å²) in [7, 11) is 0. The Morgan fingerprint density at radius 1 is 1.41 bits per heavy atom. The molecule has 0 radical (unpaired) electrons. The molecular formula is C13H11ClN6S2. The van der Waals surface area contributed by atoms with Crippen molar-refractivity contribution in [1.82, 2.24) is 19.9 Å². The van der Waals surface area contributed by atoms with E-state index in [1.54, 1.807) is 6.21 Å². The molecule has 0 spiro atoms. The van der Waals surface area contributed by atoms with Crippen molar-refractivity contribution in [2.24, 2.45) is 5.10 Å². The molecule has 0 unspecified atom stereocenters. The summed E-state index contributed by atoms with van der Waals surface area (Å²) in [5, 5.41) is 14.9. The first-order valence-corrected chi connectivity index (χ1v) is 7.88. The third kappa shape index (κ3) is 3.41. The molecule has 3 rings (SSSR count). The maximum Gasteiger partial charge on any atom is 0.216 e. The van der Waals surface area contributed by atoms with Crippen molar-refractivity contribution in [2.45, 2.75) is 6.92 Å². The van der Waals surface area contributed by atoms with Crippen LogP contribution in [0.25, 0.3) is 0 Å². The predicted molar refractivity (Wildman–Crippen MR) is 92.0 cm³/mol. The number of rotatable bonds is 4. The second kappa shape index (κ2) is 6.39. The van der Waals surface area contributed by atoms with Gasteiger partial charge in [-0.2, -0.15) is 14.9 Å². The van der Waals surface area contributed by atoms with Crippen LogP contribution in [0.3, 0.4) is 0 Å². The smallest absolute Gasteiger partial charge is 0.216 e. The van der Waals surface area contributed by atoms with Crippen LogP contribution in [0.15, 0.2) is 35.7 Å². The van der Waals surface area contributed by atoms with Crippen LogP contribution in [-0.4, -0.2) is 26.1 Å². The van der Waals surface area contributed by atoms with E-state index in [4.69, 9.17) is 23.8 Å². The third-order valence-corrected chi connectivity index (χ3v) is 4.33. The topological polar surface area (TPSA) is 70.9 Å². The van der Waals surface area contributed by atoms with E-state index in [9.17, 15) is 0 Å². The number of H-pyrrole nitrogens is 1. The Hall–Kier alpha value is -2.03. The summed E-state index contributed by atoms with van der Waals surface area (Å²) >= 11 is 12.5. The largest absolute Gasteiger partial charge is 0.331 e. The minimum atomic E-state index is 0.387. The van der Waals surface area contributed by atoms with Crippen molar-refractivity contribution in [1.29, 1.82) is 0 Å². The van der Waals surface area contributed by atoms with Gasteiger partial charge in [-0.05, 0) is 31.3 Å². The number of thiazole rings is 1. The minimum Gasteiger partial charge on any atom is -0.331 e. The normalized spacial score (nSPS) is 11.2. The molecule has 0 aliphatic heterocycles. The lowest BCUT2D eigenvalue weighted by molar-refractivity contribution is 0.863. The van der Waals surface area contributed by atoms with Gasteiger partial charge in [0.15, 0.2) is 10.3 Å². The molecular weight excluding hydrogens is 340 g/mol. The highest BCUT2D eigenvalue weighted by Gasteiger charge is 2.08. The van der Waals surface area contributed by atoms with Crippen molar-refractivity contribution in [3.05, 3.63) is 51.0 Å². The van der Waals surface area contributed by atoms with E-state index in [2.05, 4.69) is 25.6 Å². The Labute approximate surface area is 140 Å². The van der Waals surface area contributed by atoms with Crippen LogP contribution in [0.2, 0.25) is 5.15 Å². The molecule has 0 aliphatic rings. The molecule has 2 heterocycles. The highest BCUT2D eigenvalue weighted by atomic mass is 35.5. The monoisotopic (exact) mass is 350 g/mol. The van der Waals surface area contributed by atoms with E-state index in [0.717, 1.165) is 10.6 Å². The molecule has 6 nitrogen and oxygen atoms in total. The zero-order chi connectivity index (χ0) is 15.5. The Kier molecular flexibility index (Phi) is 4.32. The Balaban J connectivity index is 1.79. The summed E-state index contributed by atoms with van der Waals surface area (Å²) in [5.41, 5.74) is 2.16. The number of aromatic amines is 1. The SMILES string of the molecule is Cc1ccc(Nc2nc(Cl)c(/C=N/n3cn[nH]c3=S)s2)cc1. The number of benzene rings is 1. The molecule has 1 aromatic carbocycles. The molecule has 2 aromatic heterocycles. The zero-order valence-electron chi connectivity index (χ0n) is 11.4. The highest BCUT2D eigenvalue weighted by Crippen LogP contribution is 2.28. The van der Waals surface area contributed by atoms with Gasteiger partial charge in [0.25, 0.3) is 0 Å². The molecule has 0 saturated heterocycles. The van der Waals surface area contributed by atoms with Crippen LogP contribution in [0, 0.1) is 11.7 Å². The lowest BCUT2D eigenvalue weighted by atomic mass is 10.2. The Morgan fingerprint density at radius 2 is 2.18 bits per heavy atom. The molecule has 3 aromatic rings. The fourth-order valence-corrected chi connectivity index (χ4v) is 2.84. The van der Waals surface area contributed by atoms with Crippen molar-refractivity contribution < 1.29 is 0 Å². The quantitative estimate of drug-likeness (QED) is 0.551. The Bertz CT molecular complexity index is 861. The van der Waals surface area contributed by atoms with Crippen molar-refractivity contribution >= 4 is 52.2 Å². The van der Waals surface area contributed by atoms with Crippen molar-refractivity contribution in [3.63, 3.8) is 0 Å². The van der Waals surface area contributed by atoms with Crippen molar-refractivity contribution in [2.75, 3.05) is 5.32 Å². The highest BCUT2D eigenvalue weighted by molar-refractivity contribution is 7.71. The van der Waals surface area contributed by atoms with Gasteiger partial charge in [-0.15, -0.1) is 0 Å². The molecule has 0 atom stereocenters. The van der Waals surface area contributed by atoms with E-state index in [1.165, 1.54) is 27.9 Å². The fourth-order valence-electron chi connectivity index (χ4n) is 1.65. The van der Waals surface area contributed by atoms with Gasteiger partial charge < -0.3 is 5.32 Å². The van der Waals surface area contributed by atoms with Crippen LogP contribution in [0.1, 0.15) is 10.4 Å². The van der Waals surface area contributed by atoms with Crippen LogP contribution >= 0.6 is 35.2 Å². The maximum absolute atomic E-state index is 6.13. The van der Waals surface area contributed by atoms with Gasteiger partial charge in [0, 0.05) is 5.69 Å². The average molecular weight is 351 g/mol. The van der Waals surface area contributed by atoms with E-state index in [1.807, 2.05) is 31.2 Å². The molecule has 9 heteroatoms. The minimum absolute atomic E-state index is 0.387. The number of hydrogen-bond donors (Lipinski definition) is 2. The maximum atomic E-state index is 6.13. The summed E-state index contributed by atoms with van der Waals surface area (Å²) in [4.78, 5) is 5.01. The fraction of sp³-hybridized carbons (Fsp3) is 0.0769. The van der Waals surface area contributed by atoms with Crippen LogP contribution in [0.5, 0.6) is 0 Å². The summed E-state index contributed by atoms with van der Waals surface area (Å²) in [5.74, 6) is 0. The van der Waals surface area contributed by atoms with E-state index in [-0.39, 0.29) is 0 Å². The average Bonchev–Trinajstić information content (AvgIpc) is 3.05. The molecule has 0 saturated carbocycles. The molecule has 0 fully saturated rings. The summed E-state index contributed by atoms with van der Waals surface area (Å²) in [6.45, 7) is 2.04. The molecule has 0 amide bonds. The number of aryl methyl sites for hydroxylation is 1. The number of nitrogens with zero attached hydrogens (tertiary/aromatic N) is 4. The van der Waals surface area contributed by atoms with Gasteiger partial charge >= 0.3 is 0 Å². The second-order valence-corrected chi connectivity index (χ2v) is 6.19. The van der Waals surface area contributed by atoms with Gasteiger partial charge in [0.1, 0.15) is 6.33 Å². The lowest BCUT2D eigenvalue weighted by Crippen LogP contribution is -1.88. The van der Waals surface area contributed by atoms with Gasteiger partial charge in [0.05, 0.1) is 11.1 Å². The van der Waals surface area contributed by atoms with E-state index < -0.39 is 0 Å². The molecule has 0 aliphatic carbocycles. The van der Waals surface area contributed by atoms with Crippen molar-refractivity contribution in [3.8, 4) is 0 Å². The molecule has 112 valence electrons. The number of halogens is 1. The second-order valence-electron chi connectivity index (χ2n) is 4.42. The molecule has 22 heavy (non-hydrogen) atoms. The summed E-state index contributed by atoms with van der Waals surface area (Å²) < 4.78 is 1.85. The lowest BCUT2D eigenvalue weighted by Gasteiger charge is -2.01. The summed E-state index contributed by atoms with van der Waals surface area (Å²) in [6.07, 6.45) is 3.09. The standard InChI is InChI=1S/C13H11ClN6S2/c1-8-2-4-9(5-3-8)17-12-18-11(14)10(22-12)6-16-20-7-15-19-13(20)21/h2-7H,1H3,(H,17,18)(H,19,21)/b16-6+. The zero-order valence-corrected chi connectivity index (χ0v) is 13.8. The third-order valence-electron chi connectivity index (χ3n) is 2.75. The van der Waals surface area contributed by atoms with E-state index in [0.29, 0.717) is 15.1 Å². The van der Waals surface area contributed by atoms with Gasteiger partial charge in [-0.1, -0.05) is 40.6 Å². The number of anilines is 2. The number of aromatic nitrogens is 4. The number of hydrogen-bond acceptors (Lipinski definition) is 6. The first kappa shape index (κ1) is 14.9. The van der Waals surface area contributed by atoms with Gasteiger partial charge in [0.2, 0.25) is 4.77 Å². The molecule has 0 bridgehead atoms. The van der Waals surface area contributed by atoms with Crippen LogP contribution in [0.4, 0.5) is 10.8 Å². The first-order valence-electron chi connectivity index (χ1n) is 6.28.